The summed E-state index contributed by atoms with van der Waals surface area (Å²) >= 11 is 3.35. The standard InChI is InChI=1S/C10H11BrFNO.ClH/c11-7-2-1-3-8(12)10(7)9-6-14-5-4-13-9;/h1-3,9,13H,4-6H2;1H/t9-;/m1./s1. The van der Waals surface area contributed by atoms with E-state index in [4.69, 9.17) is 4.74 Å². The smallest absolute Gasteiger partial charge is 0.129 e. The fraction of sp³-hybridized carbons (Fsp3) is 0.400. The molecule has 1 N–H and O–H groups in total. The van der Waals surface area contributed by atoms with Crippen LogP contribution in [0.3, 0.4) is 0 Å². The number of hydrogen-bond acceptors (Lipinski definition) is 2. The summed E-state index contributed by atoms with van der Waals surface area (Å²) in [6, 6.07) is 4.96. The van der Waals surface area contributed by atoms with Crippen LogP contribution in [0.15, 0.2) is 22.7 Å². The van der Waals surface area contributed by atoms with E-state index < -0.39 is 0 Å². The molecule has 0 unspecified atom stereocenters. The molecule has 1 aliphatic heterocycles. The van der Waals surface area contributed by atoms with Crippen molar-refractivity contribution in [1.82, 2.24) is 5.32 Å². The molecule has 0 bridgehead atoms. The molecular formula is C10H12BrClFNO. The molecule has 0 amide bonds. The molecule has 1 aromatic rings. The quantitative estimate of drug-likeness (QED) is 0.860. The first-order valence-electron chi connectivity index (χ1n) is 4.54. The number of morpholine rings is 1. The minimum atomic E-state index is -0.192. The fourth-order valence-corrected chi connectivity index (χ4v) is 2.21. The maximum Gasteiger partial charge on any atom is 0.129 e. The zero-order valence-electron chi connectivity index (χ0n) is 8.00. The molecule has 5 heteroatoms. The van der Waals surface area contributed by atoms with E-state index in [1.165, 1.54) is 6.07 Å². The number of ether oxygens (including phenoxy) is 1. The lowest BCUT2D eigenvalue weighted by atomic mass is 10.1. The van der Waals surface area contributed by atoms with Gasteiger partial charge in [0.2, 0.25) is 0 Å². The Bertz CT molecular complexity index is 311. The highest BCUT2D eigenvalue weighted by Gasteiger charge is 2.20. The molecule has 0 aliphatic carbocycles. The highest BCUT2D eigenvalue weighted by Crippen LogP contribution is 2.27. The van der Waals surface area contributed by atoms with Crippen LogP contribution in [-0.2, 0) is 4.74 Å². The molecule has 1 aliphatic rings. The molecular weight excluding hydrogens is 284 g/mol. The molecule has 84 valence electrons. The molecule has 0 radical (unpaired) electrons. The number of benzene rings is 1. The van der Waals surface area contributed by atoms with E-state index in [9.17, 15) is 4.39 Å². The first kappa shape index (κ1) is 12.9. The second kappa shape index (κ2) is 5.80. The number of nitrogens with one attached hydrogen (secondary N) is 1. The second-order valence-electron chi connectivity index (χ2n) is 3.22. The van der Waals surface area contributed by atoms with Crippen LogP contribution in [0.25, 0.3) is 0 Å². The third-order valence-corrected chi connectivity index (χ3v) is 2.96. The molecule has 2 rings (SSSR count). The summed E-state index contributed by atoms with van der Waals surface area (Å²) in [4.78, 5) is 0. The summed E-state index contributed by atoms with van der Waals surface area (Å²) in [5, 5.41) is 3.22. The van der Waals surface area contributed by atoms with Crippen molar-refractivity contribution < 1.29 is 9.13 Å². The van der Waals surface area contributed by atoms with Gasteiger partial charge in [-0.1, -0.05) is 22.0 Å². The van der Waals surface area contributed by atoms with Crippen molar-refractivity contribution in [1.29, 1.82) is 0 Å². The van der Waals surface area contributed by atoms with Crippen LogP contribution >= 0.6 is 28.3 Å². The van der Waals surface area contributed by atoms with E-state index in [-0.39, 0.29) is 24.3 Å². The molecule has 0 saturated carbocycles. The lowest BCUT2D eigenvalue weighted by Crippen LogP contribution is -2.35. The zero-order valence-corrected chi connectivity index (χ0v) is 10.4. The van der Waals surface area contributed by atoms with Gasteiger partial charge in [-0.05, 0) is 12.1 Å². The normalized spacial score (nSPS) is 20.8. The predicted octanol–water partition coefficient (Wildman–Crippen LogP) is 2.67. The van der Waals surface area contributed by atoms with Crippen molar-refractivity contribution in [3.8, 4) is 0 Å². The number of hydrogen-bond donors (Lipinski definition) is 1. The molecule has 1 aromatic carbocycles. The summed E-state index contributed by atoms with van der Waals surface area (Å²) in [6.07, 6.45) is 0. The SMILES string of the molecule is Cl.Fc1cccc(Br)c1[C@H]1COCCN1. The zero-order chi connectivity index (χ0) is 9.97. The fourth-order valence-electron chi connectivity index (χ4n) is 1.59. The van der Waals surface area contributed by atoms with Gasteiger partial charge in [0.25, 0.3) is 0 Å². The summed E-state index contributed by atoms with van der Waals surface area (Å²) in [5.41, 5.74) is 0.659. The van der Waals surface area contributed by atoms with Crippen molar-refractivity contribution in [3.05, 3.63) is 34.1 Å². The van der Waals surface area contributed by atoms with Crippen LogP contribution in [0, 0.1) is 5.82 Å². The van der Waals surface area contributed by atoms with Gasteiger partial charge in [-0.25, -0.2) is 4.39 Å². The van der Waals surface area contributed by atoms with Crippen LogP contribution in [0.1, 0.15) is 11.6 Å². The van der Waals surface area contributed by atoms with Crippen molar-refractivity contribution in [2.75, 3.05) is 19.8 Å². The third-order valence-electron chi connectivity index (χ3n) is 2.27. The third kappa shape index (κ3) is 2.91. The van der Waals surface area contributed by atoms with E-state index >= 15 is 0 Å². The van der Waals surface area contributed by atoms with E-state index in [0.29, 0.717) is 18.8 Å². The Morgan fingerprint density at radius 2 is 2.27 bits per heavy atom. The second-order valence-corrected chi connectivity index (χ2v) is 4.07. The average Bonchev–Trinajstić information content (AvgIpc) is 2.19. The maximum absolute atomic E-state index is 13.5. The van der Waals surface area contributed by atoms with Crippen LogP contribution in [0.4, 0.5) is 4.39 Å². The summed E-state index contributed by atoms with van der Waals surface area (Å²) < 4.78 is 19.6. The van der Waals surface area contributed by atoms with E-state index in [2.05, 4.69) is 21.2 Å². The first-order chi connectivity index (χ1) is 6.79. The van der Waals surface area contributed by atoms with Gasteiger partial charge in [0.05, 0.1) is 19.3 Å². The van der Waals surface area contributed by atoms with Gasteiger partial charge >= 0.3 is 0 Å². The van der Waals surface area contributed by atoms with Gasteiger partial charge in [0, 0.05) is 16.6 Å². The van der Waals surface area contributed by atoms with Crippen molar-refractivity contribution in [2.45, 2.75) is 6.04 Å². The Labute approximate surface area is 103 Å². The highest BCUT2D eigenvalue weighted by molar-refractivity contribution is 9.10. The molecule has 1 atom stereocenters. The van der Waals surface area contributed by atoms with Gasteiger partial charge < -0.3 is 10.1 Å². The summed E-state index contributed by atoms with van der Waals surface area (Å²) in [7, 11) is 0. The highest BCUT2D eigenvalue weighted by atomic mass is 79.9. The summed E-state index contributed by atoms with van der Waals surface area (Å²) in [5.74, 6) is -0.192. The lowest BCUT2D eigenvalue weighted by molar-refractivity contribution is 0.0755. The van der Waals surface area contributed by atoms with Crippen molar-refractivity contribution >= 4 is 28.3 Å². The maximum atomic E-state index is 13.5. The van der Waals surface area contributed by atoms with Crippen molar-refractivity contribution in [3.63, 3.8) is 0 Å². The van der Waals surface area contributed by atoms with Crippen LogP contribution in [-0.4, -0.2) is 19.8 Å². The van der Waals surface area contributed by atoms with Gasteiger partial charge in [0.15, 0.2) is 0 Å². The Hall–Kier alpha value is -0.160. The molecule has 2 nitrogen and oxygen atoms in total. The Morgan fingerprint density at radius 3 is 2.87 bits per heavy atom. The molecule has 15 heavy (non-hydrogen) atoms. The van der Waals surface area contributed by atoms with Gasteiger partial charge in [0.1, 0.15) is 5.82 Å². The van der Waals surface area contributed by atoms with Gasteiger partial charge in [-0.15, -0.1) is 12.4 Å². The van der Waals surface area contributed by atoms with E-state index in [1.54, 1.807) is 6.07 Å². The molecule has 0 aromatic heterocycles. The first-order valence-corrected chi connectivity index (χ1v) is 5.33. The molecule has 0 spiro atoms. The summed E-state index contributed by atoms with van der Waals surface area (Å²) in [6.45, 7) is 1.99. The number of rotatable bonds is 1. The van der Waals surface area contributed by atoms with Gasteiger partial charge in [-0.2, -0.15) is 0 Å². The minimum Gasteiger partial charge on any atom is -0.378 e. The number of halogens is 3. The molecule has 1 saturated heterocycles. The largest absolute Gasteiger partial charge is 0.378 e. The average molecular weight is 297 g/mol. The van der Waals surface area contributed by atoms with Crippen LogP contribution < -0.4 is 5.32 Å². The van der Waals surface area contributed by atoms with Gasteiger partial charge in [-0.3, -0.25) is 0 Å². The molecule has 1 heterocycles. The Kier molecular flexibility index (Phi) is 4.99. The van der Waals surface area contributed by atoms with Crippen LogP contribution in [0.5, 0.6) is 0 Å². The minimum absolute atomic E-state index is 0. The Balaban J connectivity index is 0.00000112. The predicted molar refractivity (Wildman–Crippen MR) is 62.9 cm³/mol. The van der Waals surface area contributed by atoms with E-state index in [0.717, 1.165) is 11.0 Å². The lowest BCUT2D eigenvalue weighted by Gasteiger charge is -2.25. The monoisotopic (exact) mass is 295 g/mol. The topological polar surface area (TPSA) is 21.3 Å². The van der Waals surface area contributed by atoms with Crippen LogP contribution in [0.2, 0.25) is 0 Å². The molecule has 1 fully saturated rings. The Morgan fingerprint density at radius 1 is 1.47 bits per heavy atom. The van der Waals surface area contributed by atoms with E-state index in [1.807, 2.05) is 6.07 Å². The van der Waals surface area contributed by atoms with Crippen molar-refractivity contribution in [2.24, 2.45) is 0 Å².